The number of benzene rings is 2. The minimum Gasteiger partial charge on any atom is -0.463 e. The number of allylic oxidation sites excluding steroid dienone is 1. The SMILES string of the molecule is CCOC(=O)C1=CC[C@H](c2ccccc2)[C@@]12C(=O)N(C(C)=O)c1ccc(C)cc12. The van der Waals surface area contributed by atoms with Crippen LogP contribution >= 0.6 is 0 Å². The van der Waals surface area contributed by atoms with E-state index in [9.17, 15) is 14.4 Å². The largest absolute Gasteiger partial charge is 0.463 e. The van der Waals surface area contributed by atoms with Gasteiger partial charge in [0.05, 0.1) is 17.9 Å². The van der Waals surface area contributed by atoms with Crippen LogP contribution in [0.2, 0.25) is 0 Å². The van der Waals surface area contributed by atoms with Gasteiger partial charge in [0, 0.05) is 12.8 Å². The van der Waals surface area contributed by atoms with E-state index in [1.54, 1.807) is 13.0 Å². The molecule has 4 rings (SSSR count). The Kier molecular flexibility index (Phi) is 4.61. The molecule has 2 aromatic carbocycles. The van der Waals surface area contributed by atoms with Crippen LogP contribution in [0, 0.1) is 6.92 Å². The number of ether oxygens (including phenoxy) is 1. The molecule has 0 unspecified atom stereocenters. The average molecular weight is 389 g/mol. The predicted molar refractivity (Wildman–Crippen MR) is 110 cm³/mol. The standard InChI is InChI=1S/C24H23NO4/c1-4-29-22(27)19-12-11-18(17-8-6-5-7-9-17)24(19)20-14-15(2)10-13-21(20)25(16(3)26)23(24)28/h5-10,12-14,18H,4,11H2,1-3H3/t18-,24-/m1/s1. The highest BCUT2D eigenvalue weighted by molar-refractivity contribution is 6.26. The minimum absolute atomic E-state index is 0.216. The molecule has 2 amide bonds. The van der Waals surface area contributed by atoms with Crippen LogP contribution in [0.1, 0.15) is 42.9 Å². The first-order chi connectivity index (χ1) is 13.9. The van der Waals surface area contributed by atoms with Crippen molar-refractivity contribution in [1.29, 1.82) is 0 Å². The maximum Gasteiger partial charge on any atom is 0.335 e. The number of rotatable bonds is 3. The summed E-state index contributed by atoms with van der Waals surface area (Å²) in [6.07, 6.45) is 2.33. The van der Waals surface area contributed by atoms with Gasteiger partial charge in [0.2, 0.25) is 11.8 Å². The monoisotopic (exact) mass is 389 g/mol. The molecule has 0 radical (unpaired) electrons. The van der Waals surface area contributed by atoms with E-state index in [1.807, 2.05) is 55.5 Å². The molecule has 5 nitrogen and oxygen atoms in total. The first-order valence-corrected chi connectivity index (χ1v) is 9.81. The van der Waals surface area contributed by atoms with Crippen LogP contribution in [-0.4, -0.2) is 24.4 Å². The Labute approximate surface area is 170 Å². The highest BCUT2D eigenvalue weighted by Crippen LogP contribution is 2.58. The van der Waals surface area contributed by atoms with Crippen LogP contribution in [0.3, 0.4) is 0 Å². The molecule has 1 heterocycles. The molecule has 1 aliphatic heterocycles. The van der Waals surface area contributed by atoms with Gasteiger partial charge < -0.3 is 4.74 Å². The number of hydrogen-bond acceptors (Lipinski definition) is 4. The summed E-state index contributed by atoms with van der Waals surface area (Å²) in [5.41, 5.74) is 2.22. The van der Waals surface area contributed by atoms with E-state index in [1.165, 1.54) is 11.8 Å². The molecule has 0 saturated heterocycles. The smallest absolute Gasteiger partial charge is 0.335 e. The molecule has 2 aromatic rings. The molecule has 5 heteroatoms. The van der Waals surface area contributed by atoms with Crippen molar-refractivity contribution >= 4 is 23.5 Å². The van der Waals surface area contributed by atoms with E-state index in [0.717, 1.165) is 11.1 Å². The molecule has 1 spiro atoms. The van der Waals surface area contributed by atoms with Crippen molar-refractivity contribution in [3.05, 3.63) is 76.9 Å². The Bertz CT molecular complexity index is 1040. The second kappa shape index (κ2) is 6.99. The summed E-state index contributed by atoms with van der Waals surface area (Å²) >= 11 is 0. The first-order valence-electron chi connectivity index (χ1n) is 9.81. The third kappa shape index (κ3) is 2.64. The van der Waals surface area contributed by atoms with E-state index < -0.39 is 11.4 Å². The van der Waals surface area contributed by atoms with Gasteiger partial charge in [-0.2, -0.15) is 0 Å². The fourth-order valence-electron chi connectivity index (χ4n) is 4.76. The lowest BCUT2D eigenvalue weighted by Crippen LogP contribution is -2.47. The fraction of sp³-hybridized carbons (Fsp3) is 0.292. The van der Waals surface area contributed by atoms with Crippen LogP contribution in [0.25, 0.3) is 0 Å². The van der Waals surface area contributed by atoms with E-state index in [4.69, 9.17) is 4.74 Å². The number of imide groups is 1. The van der Waals surface area contributed by atoms with Gasteiger partial charge in [0.15, 0.2) is 0 Å². The molecule has 0 fully saturated rings. The van der Waals surface area contributed by atoms with Crippen molar-refractivity contribution in [2.24, 2.45) is 0 Å². The van der Waals surface area contributed by atoms with Crippen molar-refractivity contribution < 1.29 is 19.1 Å². The lowest BCUT2D eigenvalue weighted by atomic mass is 9.66. The lowest BCUT2D eigenvalue weighted by molar-refractivity contribution is -0.141. The number of aryl methyl sites for hydroxylation is 1. The van der Waals surface area contributed by atoms with Crippen molar-refractivity contribution in [2.45, 2.75) is 38.5 Å². The number of anilines is 1. The molecule has 0 saturated carbocycles. The molecule has 0 aromatic heterocycles. The number of nitrogens with zero attached hydrogens (tertiary/aromatic N) is 1. The average Bonchev–Trinajstić information content (AvgIpc) is 3.21. The lowest BCUT2D eigenvalue weighted by Gasteiger charge is -2.33. The van der Waals surface area contributed by atoms with Gasteiger partial charge in [0.25, 0.3) is 0 Å². The van der Waals surface area contributed by atoms with Gasteiger partial charge in [-0.1, -0.05) is 54.1 Å². The summed E-state index contributed by atoms with van der Waals surface area (Å²) < 4.78 is 5.32. The highest BCUT2D eigenvalue weighted by Gasteiger charge is 2.62. The third-order valence-electron chi connectivity index (χ3n) is 5.88. The predicted octanol–water partition coefficient (Wildman–Crippen LogP) is 3.80. The highest BCUT2D eigenvalue weighted by atomic mass is 16.5. The quantitative estimate of drug-likeness (QED) is 0.749. The number of carbonyl (C=O) groups excluding carboxylic acids is 3. The number of fused-ring (bicyclic) bond motifs is 2. The normalized spacial score (nSPS) is 22.6. The Hall–Kier alpha value is -3.21. The number of amides is 2. The number of carbonyl (C=O) groups is 3. The minimum atomic E-state index is -1.26. The molecule has 1 aliphatic carbocycles. The number of hydrogen-bond donors (Lipinski definition) is 0. The molecule has 2 atom stereocenters. The van der Waals surface area contributed by atoms with Gasteiger partial charge >= 0.3 is 5.97 Å². The summed E-state index contributed by atoms with van der Waals surface area (Å²) in [7, 11) is 0. The molecule has 2 aliphatic rings. The maximum atomic E-state index is 13.9. The van der Waals surface area contributed by atoms with Crippen molar-refractivity contribution in [1.82, 2.24) is 0 Å². The molecule has 0 N–H and O–H groups in total. The Morgan fingerprint density at radius 2 is 1.90 bits per heavy atom. The van der Waals surface area contributed by atoms with Crippen LogP contribution in [-0.2, 0) is 24.5 Å². The van der Waals surface area contributed by atoms with E-state index in [-0.39, 0.29) is 24.3 Å². The topological polar surface area (TPSA) is 63.7 Å². The van der Waals surface area contributed by atoms with Crippen molar-refractivity contribution in [2.75, 3.05) is 11.5 Å². The zero-order chi connectivity index (χ0) is 20.8. The second-order valence-corrected chi connectivity index (χ2v) is 7.53. The summed E-state index contributed by atoms with van der Waals surface area (Å²) in [5.74, 6) is -1.53. The van der Waals surface area contributed by atoms with Crippen molar-refractivity contribution in [3.8, 4) is 0 Å². The van der Waals surface area contributed by atoms with Crippen LogP contribution in [0.15, 0.2) is 60.2 Å². The first kappa shape index (κ1) is 19.1. The van der Waals surface area contributed by atoms with Crippen LogP contribution in [0.5, 0.6) is 0 Å². The Morgan fingerprint density at radius 3 is 2.55 bits per heavy atom. The van der Waals surface area contributed by atoms with Crippen LogP contribution < -0.4 is 4.90 Å². The maximum absolute atomic E-state index is 13.9. The molecular weight excluding hydrogens is 366 g/mol. The van der Waals surface area contributed by atoms with Crippen LogP contribution in [0.4, 0.5) is 5.69 Å². The molecular formula is C24H23NO4. The third-order valence-corrected chi connectivity index (χ3v) is 5.88. The molecule has 148 valence electrons. The van der Waals surface area contributed by atoms with Crippen molar-refractivity contribution in [3.63, 3.8) is 0 Å². The summed E-state index contributed by atoms with van der Waals surface area (Å²) in [5, 5.41) is 0. The second-order valence-electron chi connectivity index (χ2n) is 7.53. The fourth-order valence-corrected chi connectivity index (χ4v) is 4.76. The van der Waals surface area contributed by atoms with Gasteiger partial charge in [0.1, 0.15) is 5.41 Å². The summed E-state index contributed by atoms with van der Waals surface area (Å²) in [6.45, 7) is 5.27. The van der Waals surface area contributed by atoms with Gasteiger partial charge in [-0.3, -0.25) is 9.59 Å². The van der Waals surface area contributed by atoms with Gasteiger partial charge in [-0.05, 0) is 37.5 Å². The zero-order valence-corrected chi connectivity index (χ0v) is 16.8. The zero-order valence-electron chi connectivity index (χ0n) is 16.8. The Morgan fingerprint density at radius 1 is 1.17 bits per heavy atom. The van der Waals surface area contributed by atoms with E-state index in [0.29, 0.717) is 23.2 Å². The molecule has 29 heavy (non-hydrogen) atoms. The molecule has 0 bridgehead atoms. The number of esters is 1. The van der Waals surface area contributed by atoms with E-state index in [2.05, 4.69) is 0 Å². The summed E-state index contributed by atoms with van der Waals surface area (Å²) in [4.78, 5) is 40.5. The van der Waals surface area contributed by atoms with E-state index >= 15 is 0 Å². The summed E-state index contributed by atoms with van der Waals surface area (Å²) in [6, 6.07) is 15.3. The Balaban J connectivity index is 2.02. The van der Waals surface area contributed by atoms with Gasteiger partial charge in [-0.25, -0.2) is 9.69 Å². The van der Waals surface area contributed by atoms with Gasteiger partial charge in [-0.15, -0.1) is 0 Å².